The number of ether oxygens (including phenoxy) is 1. The van der Waals surface area contributed by atoms with Gasteiger partial charge in [0.25, 0.3) is 0 Å². The average Bonchev–Trinajstić information content (AvgIpc) is 2.37. The fourth-order valence-corrected chi connectivity index (χ4v) is 1.67. The summed E-state index contributed by atoms with van der Waals surface area (Å²) in [5, 5.41) is 0. The van der Waals surface area contributed by atoms with Gasteiger partial charge >= 0.3 is 5.97 Å². The number of benzene rings is 1. The third-order valence-electron chi connectivity index (χ3n) is 2.80. The molecule has 0 heterocycles. The van der Waals surface area contributed by atoms with E-state index in [1.54, 1.807) is 0 Å². The van der Waals surface area contributed by atoms with Crippen molar-refractivity contribution in [1.29, 1.82) is 0 Å². The largest absolute Gasteiger partial charge is 0.460 e. The summed E-state index contributed by atoms with van der Waals surface area (Å²) >= 11 is 0. The lowest BCUT2D eigenvalue weighted by Crippen LogP contribution is -2.20. The van der Waals surface area contributed by atoms with E-state index in [1.807, 2.05) is 63.3 Å². The summed E-state index contributed by atoms with van der Waals surface area (Å²) in [7, 11) is 0. The first kappa shape index (κ1) is 15.2. The van der Waals surface area contributed by atoms with Crippen molar-refractivity contribution in [3.8, 4) is 0 Å². The zero-order chi connectivity index (χ0) is 14.3. The van der Waals surface area contributed by atoms with E-state index in [1.165, 1.54) is 0 Å². The van der Waals surface area contributed by atoms with E-state index >= 15 is 0 Å². The molecule has 0 fully saturated rings. The molecule has 0 aliphatic carbocycles. The number of rotatable bonds is 6. The van der Waals surface area contributed by atoms with Gasteiger partial charge in [-0.3, -0.25) is 4.79 Å². The maximum absolute atomic E-state index is 12.1. The molecule has 0 bridgehead atoms. The van der Waals surface area contributed by atoms with Gasteiger partial charge in [-0.05, 0) is 18.4 Å². The first-order chi connectivity index (χ1) is 9.00. The molecule has 2 heteroatoms. The monoisotopic (exact) mass is 258 g/mol. The van der Waals surface area contributed by atoms with Crippen LogP contribution in [-0.2, 0) is 16.1 Å². The Morgan fingerprint density at radius 2 is 1.95 bits per heavy atom. The molecule has 0 aliphatic heterocycles. The first-order valence-corrected chi connectivity index (χ1v) is 6.55. The standard InChI is InChI=1S/C17H22O2/c1-13(2)10-11-16(14(3)4)17(18)19-12-15-8-6-5-7-9-15/h5-11,14,16H,1,12H2,2-4H3/b11-10+. The number of allylic oxidation sites excluding steroid dienone is 2. The van der Waals surface area contributed by atoms with Gasteiger partial charge in [0.2, 0.25) is 0 Å². The zero-order valence-electron chi connectivity index (χ0n) is 11.9. The van der Waals surface area contributed by atoms with E-state index in [9.17, 15) is 4.79 Å². The van der Waals surface area contributed by atoms with Crippen LogP contribution in [0.1, 0.15) is 26.3 Å². The molecular weight excluding hydrogens is 236 g/mol. The molecule has 0 aromatic heterocycles. The maximum atomic E-state index is 12.1. The Morgan fingerprint density at radius 1 is 1.32 bits per heavy atom. The topological polar surface area (TPSA) is 26.3 Å². The first-order valence-electron chi connectivity index (χ1n) is 6.55. The number of carbonyl (C=O) groups excluding carboxylic acids is 1. The molecule has 0 aliphatic rings. The van der Waals surface area contributed by atoms with Crippen molar-refractivity contribution in [2.24, 2.45) is 11.8 Å². The van der Waals surface area contributed by atoms with Crippen LogP contribution in [0.2, 0.25) is 0 Å². The summed E-state index contributed by atoms with van der Waals surface area (Å²) in [6.07, 6.45) is 3.74. The molecular formula is C17H22O2. The number of hydrogen-bond acceptors (Lipinski definition) is 2. The van der Waals surface area contributed by atoms with Gasteiger partial charge in [0.05, 0.1) is 5.92 Å². The lowest BCUT2D eigenvalue weighted by atomic mass is 9.95. The second kappa shape index (κ2) is 7.57. The zero-order valence-corrected chi connectivity index (χ0v) is 11.9. The Hall–Kier alpha value is -1.83. The molecule has 1 unspecified atom stereocenters. The van der Waals surface area contributed by atoms with Crippen LogP contribution < -0.4 is 0 Å². The Labute approximate surface area is 115 Å². The minimum absolute atomic E-state index is 0.184. The Bertz CT molecular complexity index is 444. The molecule has 0 saturated heterocycles. The normalized spacial score (nSPS) is 12.6. The molecule has 0 N–H and O–H groups in total. The van der Waals surface area contributed by atoms with Crippen LogP contribution in [0.3, 0.4) is 0 Å². The number of esters is 1. The second-order valence-corrected chi connectivity index (χ2v) is 5.07. The lowest BCUT2D eigenvalue weighted by molar-refractivity contribution is -0.149. The van der Waals surface area contributed by atoms with E-state index in [0.29, 0.717) is 6.61 Å². The predicted octanol–water partition coefficient (Wildman–Crippen LogP) is 4.13. The van der Waals surface area contributed by atoms with Crippen LogP contribution >= 0.6 is 0 Å². The molecule has 2 nitrogen and oxygen atoms in total. The van der Waals surface area contributed by atoms with E-state index < -0.39 is 0 Å². The molecule has 1 aromatic carbocycles. The van der Waals surface area contributed by atoms with Gasteiger partial charge < -0.3 is 4.74 Å². The highest BCUT2D eigenvalue weighted by Crippen LogP contribution is 2.16. The highest BCUT2D eigenvalue weighted by atomic mass is 16.5. The van der Waals surface area contributed by atoms with Gasteiger partial charge in [-0.15, -0.1) is 0 Å². The van der Waals surface area contributed by atoms with Crippen molar-refractivity contribution in [1.82, 2.24) is 0 Å². The summed E-state index contributed by atoms with van der Waals surface area (Å²) < 4.78 is 5.36. The van der Waals surface area contributed by atoms with E-state index in [-0.39, 0.29) is 17.8 Å². The predicted molar refractivity (Wildman–Crippen MR) is 78.5 cm³/mol. The fourth-order valence-electron chi connectivity index (χ4n) is 1.67. The Morgan fingerprint density at radius 3 is 2.47 bits per heavy atom. The van der Waals surface area contributed by atoms with Gasteiger partial charge in [-0.1, -0.05) is 68.5 Å². The smallest absolute Gasteiger partial charge is 0.313 e. The van der Waals surface area contributed by atoms with Crippen molar-refractivity contribution < 1.29 is 9.53 Å². The van der Waals surface area contributed by atoms with Crippen LogP contribution in [0, 0.1) is 11.8 Å². The minimum atomic E-state index is -0.222. The van der Waals surface area contributed by atoms with Gasteiger partial charge in [-0.25, -0.2) is 0 Å². The Kier molecular flexibility index (Phi) is 6.07. The quantitative estimate of drug-likeness (QED) is 0.566. The lowest BCUT2D eigenvalue weighted by Gasteiger charge is -2.16. The summed E-state index contributed by atoms with van der Waals surface area (Å²) in [5.41, 5.74) is 1.93. The summed E-state index contributed by atoms with van der Waals surface area (Å²) in [6.45, 7) is 10.1. The van der Waals surface area contributed by atoms with Crippen molar-refractivity contribution in [2.75, 3.05) is 0 Å². The molecule has 1 atom stereocenters. The average molecular weight is 258 g/mol. The fraction of sp³-hybridized carbons (Fsp3) is 0.353. The number of carbonyl (C=O) groups is 1. The SMILES string of the molecule is C=C(C)/C=C/C(C(=O)OCc1ccccc1)C(C)C. The molecule has 1 aromatic rings. The molecule has 0 saturated carbocycles. The highest BCUT2D eigenvalue weighted by molar-refractivity contribution is 5.74. The maximum Gasteiger partial charge on any atom is 0.313 e. The molecule has 0 amide bonds. The summed E-state index contributed by atoms with van der Waals surface area (Å²) in [5.74, 6) is -0.198. The van der Waals surface area contributed by atoms with Crippen molar-refractivity contribution in [2.45, 2.75) is 27.4 Å². The van der Waals surface area contributed by atoms with Gasteiger partial charge in [0.1, 0.15) is 6.61 Å². The van der Waals surface area contributed by atoms with Crippen molar-refractivity contribution in [3.63, 3.8) is 0 Å². The van der Waals surface area contributed by atoms with Crippen LogP contribution in [0.4, 0.5) is 0 Å². The summed E-state index contributed by atoms with van der Waals surface area (Å²) in [6, 6.07) is 9.70. The van der Waals surface area contributed by atoms with Crippen molar-refractivity contribution in [3.05, 3.63) is 60.2 Å². The van der Waals surface area contributed by atoms with Crippen molar-refractivity contribution >= 4 is 5.97 Å². The third-order valence-corrected chi connectivity index (χ3v) is 2.80. The van der Waals surface area contributed by atoms with Gasteiger partial charge in [0, 0.05) is 0 Å². The molecule has 1 rings (SSSR count). The van der Waals surface area contributed by atoms with E-state index in [0.717, 1.165) is 11.1 Å². The van der Waals surface area contributed by atoms with Gasteiger partial charge in [0.15, 0.2) is 0 Å². The minimum Gasteiger partial charge on any atom is -0.460 e. The van der Waals surface area contributed by atoms with Crippen LogP contribution in [-0.4, -0.2) is 5.97 Å². The van der Waals surface area contributed by atoms with Crippen LogP contribution in [0.15, 0.2) is 54.6 Å². The van der Waals surface area contributed by atoms with E-state index in [4.69, 9.17) is 4.74 Å². The Balaban J connectivity index is 2.60. The summed E-state index contributed by atoms with van der Waals surface area (Å²) in [4.78, 5) is 12.1. The highest BCUT2D eigenvalue weighted by Gasteiger charge is 2.20. The molecule has 102 valence electrons. The van der Waals surface area contributed by atoms with Crippen LogP contribution in [0.25, 0.3) is 0 Å². The molecule has 0 radical (unpaired) electrons. The third kappa shape index (κ3) is 5.56. The van der Waals surface area contributed by atoms with Crippen LogP contribution in [0.5, 0.6) is 0 Å². The molecule has 0 spiro atoms. The molecule has 19 heavy (non-hydrogen) atoms. The van der Waals surface area contributed by atoms with Gasteiger partial charge in [-0.2, -0.15) is 0 Å². The second-order valence-electron chi connectivity index (χ2n) is 5.07. The number of hydrogen-bond donors (Lipinski definition) is 0. The van der Waals surface area contributed by atoms with E-state index in [2.05, 4.69) is 6.58 Å².